The fourth-order valence-electron chi connectivity index (χ4n) is 3.45. The topological polar surface area (TPSA) is 68.3 Å². The number of carbonyl (C=O) groups is 2. The van der Waals surface area contributed by atoms with Gasteiger partial charge in [-0.05, 0) is 61.4 Å². The van der Waals surface area contributed by atoms with Crippen molar-refractivity contribution in [1.29, 1.82) is 0 Å². The number of amides is 1. The molecule has 1 aliphatic rings. The largest absolute Gasteiger partial charge is 0.486 e. The number of pyridine rings is 1. The maximum Gasteiger partial charge on any atom is 0.247 e. The number of benzene rings is 1. The number of nitrogens with zero attached hydrogens (tertiary/aromatic N) is 1. The molecule has 0 fully saturated rings. The molecule has 0 saturated carbocycles. The van der Waals surface area contributed by atoms with E-state index in [1.165, 1.54) is 11.3 Å². The number of hydrogen-bond acceptors (Lipinski definition) is 5. The summed E-state index contributed by atoms with van der Waals surface area (Å²) < 4.78 is 5.99. The third-order valence-electron chi connectivity index (χ3n) is 5.01. The molecule has 2 aromatic heterocycles. The summed E-state index contributed by atoms with van der Waals surface area (Å²) in [4.78, 5) is 29.8. The monoisotopic (exact) mass is 452 g/mol. The highest BCUT2D eigenvalue weighted by molar-refractivity contribution is 7.17. The number of halogens is 1. The van der Waals surface area contributed by atoms with Crippen molar-refractivity contribution in [3.63, 3.8) is 0 Å². The summed E-state index contributed by atoms with van der Waals surface area (Å²) in [7, 11) is 0. The second kappa shape index (κ2) is 9.04. The Bertz CT molecular complexity index is 1170. The lowest BCUT2D eigenvalue weighted by molar-refractivity contribution is -0.117. The third kappa shape index (κ3) is 4.86. The lowest BCUT2D eigenvalue weighted by Crippen LogP contribution is -2.34. The molecular weight excluding hydrogens is 432 g/mol. The van der Waals surface area contributed by atoms with Crippen LogP contribution in [-0.4, -0.2) is 29.3 Å². The van der Waals surface area contributed by atoms with E-state index in [1.807, 2.05) is 36.4 Å². The maximum atomic E-state index is 12.4. The van der Waals surface area contributed by atoms with Crippen LogP contribution in [0.1, 0.15) is 34.6 Å². The van der Waals surface area contributed by atoms with Crippen molar-refractivity contribution in [3.05, 3.63) is 75.4 Å². The highest BCUT2D eigenvalue weighted by atomic mass is 35.5. The van der Waals surface area contributed by atoms with Gasteiger partial charge in [-0.25, -0.2) is 0 Å². The van der Waals surface area contributed by atoms with Crippen LogP contribution < -0.4 is 10.1 Å². The number of ketones is 1. The zero-order chi connectivity index (χ0) is 22.0. The normalized spacial score (nSPS) is 15.3. The van der Waals surface area contributed by atoms with Crippen LogP contribution in [0.15, 0.2) is 54.4 Å². The van der Waals surface area contributed by atoms with Crippen LogP contribution in [-0.2, 0) is 11.2 Å². The van der Waals surface area contributed by atoms with Gasteiger partial charge >= 0.3 is 0 Å². The van der Waals surface area contributed by atoms with E-state index in [4.69, 9.17) is 16.3 Å². The number of fused-ring (bicyclic) bond motifs is 1. The number of rotatable bonds is 6. The van der Waals surface area contributed by atoms with Gasteiger partial charge in [0.15, 0.2) is 5.78 Å². The molecule has 1 unspecified atom stereocenters. The van der Waals surface area contributed by atoms with E-state index in [0.717, 1.165) is 26.4 Å². The van der Waals surface area contributed by atoms with Gasteiger partial charge in [-0.15, -0.1) is 11.3 Å². The van der Waals surface area contributed by atoms with Crippen LogP contribution in [0.25, 0.3) is 16.5 Å². The second-order valence-electron chi connectivity index (χ2n) is 7.43. The zero-order valence-corrected chi connectivity index (χ0v) is 18.7. The SMILES string of the molecule is CC(=O)c1ccc(-c2cc(Cl)c3c(c2)CC(CNC(=O)/C(C)=C/c2cccnc2)O3)s1. The Hall–Kier alpha value is -2.96. The van der Waals surface area contributed by atoms with Crippen LogP contribution in [0, 0.1) is 0 Å². The number of Topliss-reactive ketones (excluding diaryl/α,β-unsaturated/α-hetero) is 1. The summed E-state index contributed by atoms with van der Waals surface area (Å²) in [6, 6.07) is 11.4. The molecule has 0 spiro atoms. The Kier molecular flexibility index (Phi) is 6.20. The minimum Gasteiger partial charge on any atom is -0.486 e. The number of aromatic nitrogens is 1. The van der Waals surface area contributed by atoms with Gasteiger partial charge in [0, 0.05) is 34.8 Å². The van der Waals surface area contributed by atoms with E-state index < -0.39 is 0 Å². The standard InChI is InChI=1S/C24H21ClN2O3S/c1-14(8-16-4-3-7-26-12-16)24(29)27-13-19-10-18-9-17(11-20(25)23(18)30-19)22-6-5-21(31-22)15(2)28/h3-9,11-12,19H,10,13H2,1-2H3,(H,27,29)/b14-8+. The number of nitrogens with one attached hydrogen (secondary N) is 1. The van der Waals surface area contributed by atoms with Gasteiger partial charge < -0.3 is 10.1 Å². The van der Waals surface area contributed by atoms with Crippen molar-refractivity contribution >= 4 is 40.7 Å². The van der Waals surface area contributed by atoms with E-state index in [-0.39, 0.29) is 17.8 Å². The summed E-state index contributed by atoms with van der Waals surface area (Å²) in [5, 5.41) is 3.46. The van der Waals surface area contributed by atoms with E-state index >= 15 is 0 Å². The minimum atomic E-state index is -0.186. The molecule has 1 aliphatic heterocycles. The molecule has 0 aliphatic carbocycles. The molecule has 4 rings (SSSR count). The van der Waals surface area contributed by atoms with E-state index in [0.29, 0.717) is 29.3 Å². The van der Waals surface area contributed by atoms with Crippen LogP contribution in [0.5, 0.6) is 5.75 Å². The number of ether oxygens (including phenoxy) is 1. The highest BCUT2D eigenvalue weighted by Crippen LogP contribution is 2.41. The summed E-state index contributed by atoms with van der Waals surface area (Å²) in [5.74, 6) is 0.566. The van der Waals surface area contributed by atoms with Gasteiger partial charge in [0.1, 0.15) is 11.9 Å². The third-order valence-corrected chi connectivity index (χ3v) is 6.52. The molecule has 1 atom stereocenters. The summed E-state index contributed by atoms with van der Waals surface area (Å²) in [6.45, 7) is 3.71. The predicted molar refractivity (Wildman–Crippen MR) is 124 cm³/mol. The molecule has 5 nitrogen and oxygen atoms in total. The first kappa shape index (κ1) is 21.3. The summed E-state index contributed by atoms with van der Waals surface area (Å²) >= 11 is 7.92. The summed E-state index contributed by atoms with van der Waals surface area (Å²) in [5.41, 5.74) is 3.44. The van der Waals surface area contributed by atoms with Crippen LogP contribution in [0.2, 0.25) is 5.02 Å². The molecule has 0 saturated heterocycles. The van der Waals surface area contributed by atoms with E-state index in [2.05, 4.69) is 10.3 Å². The van der Waals surface area contributed by atoms with Gasteiger partial charge in [0.25, 0.3) is 0 Å². The first-order chi connectivity index (χ1) is 14.9. The number of carbonyl (C=O) groups excluding carboxylic acids is 2. The average Bonchev–Trinajstić information content (AvgIpc) is 3.40. The highest BCUT2D eigenvalue weighted by Gasteiger charge is 2.27. The van der Waals surface area contributed by atoms with Crippen molar-refractivity contribution in [1.82, 2.24) is 10.3 Å². The Morgan fingerprint density at radius 2 is 2.13 bits per heavy atom. The zero-order valence-electron chi connectivity index (χ0n) is 17.1. The van der Waals surface area contributed by atoms with Crippen LogP contribution in [0.3, 0.4) is 0 Å². The van der Waals surface area contributed by atoms with Crippen LogP contribution >= 0.6 is 22.9 Å². The molecule has 1 aromatic carbocycles. The van der Waals surface area contributed by atoms with Crippen LogP contribution in [0.4, 0.5) is 0 Å². The molecule has 3 aromatic rings. The Labute approximate surface area is 189 Å². The van der Waals surface area contributed by atoms with Gasteiger partial charge in [-0.3, -0.25) is 14.6 Å². The van der Waals surface area contributed by atoms with Gasteiger partial charge in [-0.1, -0.05) is 17.7 Å². The van der Waals surface area contributed by atoms with Crippen molar-refractivity contribution in [2.45, 2.75) is 26.4 Å². The lowest BCUT2D eigenvalue weighted by atomic mass is 10.1. The molecule has 3 heterocycles. The Morgan fingerprint density at radius 1 is 1.29 bits per heavy atom. The van der Waals surface area contributed by atoms with Gasteiger partial charge in [-0.2, -0.15) is 0 Å². The molecule has 7 heteroatoms. The lowest BCUT2D eigenvalue weighted by Gasteiger charge is -2.12. The van der Waals surface area contributed by atoms with Crippen molar-refractivity contribution in [2.24, 2.45) is 0 Å². The Morgan fingerprint density at radius 3 is 2.84 bits per heavy atom. The van der Waals surface area contributed by atoms with E-state index in [1.54, 1.807) is 32.3 Å². The van der Waals surface area contributed by atoms with Gasteiger partial charge in [0.05, 0.1) is 16.4 Å². The molecule has 1 amide bonds. The van der Waals surface area contributed by atoms with E-state index in [9.17, 15) is 9.59 Å². The minimum absolute atomic E-state index is 0.0514. The number of thiophene rings is 1. The second-order valence-corrected chi connectivity index (χ2v) is 8.93. The fraction of sp³-hybridized carbons (Fsp3) is 0.208. The smallest absolute Gasteiger partial charge is 0.247 e. The maximum absolute atomic E-state index is 12.4. The first-order valence-corrected chi connectivity index (χ1v) is 11.1. The molecule has 158 valence electrons. The van der Waals surface area contributed by atoms with Crippen molar-refractivity contribution in [2.75, 3.05) is 6.54 Å². The molecule has 0 bridgehead atoms. The Balaban J connectivity index is 1.41. The quantitative estimate of drug-likeness (QED) is 0.413. The first-order valence-electron chi connectivity index (χ1n) is 9.87. The molecule has 31 heavy (non-hydrogen) atoms. The molecule has 0 radical (unpaired) electrons. The average molecular weight is 453 g/mol. The van der Waals surface area contributed by atoms with Crippen molar-refractivity contribution < 1.29 is 14.3 Å². The van der Waals surface area contributed by atoms with Crippen molar-refractivity contribution in [3.8, 4) is 16.2 Å². The van der Waals surface area contributed by atoms with Gasteiger partial charge in [0.2, 0.25) is 5.91 Å². The molecule has 1 N–H and O–H groups in total. The summed E-state index contributed by atoms with van der Waals surface area (Å²) in [6.07, 6.45) is 5.67. The fourth-order valence-corrected chi connectivity index (χ4v) is 4.62. The number of hydrogen-bond donors (Lipinski definition) is 1. The predicted octanol–water partition coefficient (Wildman–Crippen LogP) is 5.19. The molecular formula is C24H21ClN2O3S.